The molecule has 0 spiro atoms. The molecule has 2 aliphatic rings. The van der Waals surface area contributed by atoms with Gasteiger partial charge in [-0.2, -0.15) is 4.31 Å². The predicted octanol–water partition coefficient (Wildman–Crippen LogP) is 2.34. The van der Waals surface area contributed by atoms with Gasteiger partial charge in [-0.3, -0.25) is 9.78 Å². The highest BCUT2D eigenvalue weighted by Crippen LogP contribution is 2.36. The molecular formula is C19H21N3O3S. The van der Waals surface area contributed by atoms with Crippen molar-refractivity contribution in [1.82, 2.24) is 9.29 Å². The Morgan fingerprint density at radius 2 is 2.08 bits per heavy atom. The highest BCUT2D eigenvalue weighted by Gasteiger charge is 2.38. The zero-order valence-electron chi connectivity index (χ0n) is 14.6. The Labute approximate surface area is 153 Å². The zero-order valence-corrected chi connectivity index (χ0v) is 15.4. The van der Waals surface area contributed by atoms with Crippen LogP contribution in [-0.4, -0.2) is 36.2 Å². The van der Waals surface area contributed by atoms with E-state index < -0.39 is 10.0 Å². The number of amides is 1. The summed E-state index contributed by atoms with van der Waals surface area (Å²) in [6.45, 7) is 2.42. The van der Waals surface area contributed by atoms with Crippen LogP contribution in [0.15, 0.2) is 47.5 Å². The summed E-state index contributed by atoms with van der Waals surface area (Å²) >= 11 is 0. The average molecular weight is 371 g/mol. The molecule has 1 aromatic carbocycles. The van der Waals surface area contributed by atoms with Crippen molar-refractivity contribution in [2.24, 2.45) is 0 Å². The van der Waals surface area contributed by atoms with Gasteiger partial charge in [-0.1, -0.05) is 6.07 Å². The van der Waals surface area contributed by atoms with E-state index in [2.05, 4.69) is 4.98 Å². The summed E-state index contributed by atoms with van der Waals surface area (Å²) in [5.41, 5.74) is 2.47. The van der Waals surface area contributed by atoms with E-state index in [9.17, 15) is 13.2 Å². The van der Waals surface area contributed by atoms with Crippen LogP contribution in [0.25, 0.3) is 0 Å². The fourth-order valence-electron chi connectivity index (χ4n) is 3.43. The molecule has 1 saturated carbocycles. The van der Waals surface area contributed by atoms with Gasteiger partial charge in [-0.15, -0.1) is 0 Å². The van der Waals surface area contributed by atoms with Crippen LogP contribution in [0.2, 0.25) is 0 Å². The Hall–Kier alpha value is -2.25. The number of anilines is 1. The quantitative estimate of drug-likeness (QED) is 0.809. The van der Waals surface area contributed by atoms with Crippen molar-refractivity contribution in [1.29, 1.82) is 0 Å². The lowest BCUT2D eigenvalue weighted by Gasteiger charge is -2.22. The molecule has 1 fully saturated rings. The summed E-state index contributed by atoms with van der Waals surface area (Å²) in [6.07, 6.45) is 4.13. The van der Waals surface area contributed by atoms with E-state index in [0.717, 1.165) is 29.8 Å². The van der Waals surface area contributed by atoms with Gasteiger partial charge in [0.15, 0.2) is 0 Å². The molecule has 2 aromatic rings. The molecule has 6 nitrogen and oxygen atoms in total. The molecule has 0 saturated heterocycles. The molecule has 4 rings (SSSR count). The maximum Gasteiger partial charge on any atom is 0.243 e. The topological polar surface area (TPSA) is 70.6 Å². The lowest BCUT2D eigenvalue weighted by Crippen LogP contribution is -2.33. The second-order valence-corrected chi connectivity index (χ2v) is 8.70. The van der Waals surface area contributed by atoms with E-state index in [4.69, 9.17) is 0 Å². The summed E-state index contributed by atoms with van der Waals surface area (Å²) in [5.74, 6) is -0.0193. The van der Waals surface area contributed by atoms with Crippen LogP contribution in [0, 0.1) is 0 Å². The standard InChI is InChI=1S/C19H21N3O3S/c1-14(23)21-11-9-15-12-18(7-8-19(15)21)26(24,25)22(17-5-6-17)13-16-4-2-3-10-20-16/h2-4,7-8,10,12,17H,5-6,9,11,13H2,1H3. The van der Waals surface area contributed by atoms with E-state index in [1.807, 2.05) is 18.2 Å². The minimum absolute atomic E-state index is 0.0193. The molecule has 7 heteroatoms. The first-order valence-electron chi connectivity index (χ1n) is 8.79. The van der Waals surface area contributed by atoms with Gasteiger partial charge in [0.2, 0.25) is 15.9 Å². The van der Waals surface area contributed by atoms with Crippen molar-refractivity contribution in [3.05, 3.63) is 53.9 Å². The molecule has 0 bridgehead atoms. The van der Waals surface area contributed by atoms with E-state index in [1.54, 1.807) is 33.6 Å². The van der Waals surface area contributed by atoms with Gasteiger partial charge in [0.1, 0.15) is 0 Å². The van der Waals surface area contributed by atoms with Crippen molar-refractivity contribution < 1.29 is 13.2 Å². The van der Waals surface area contributed by atoms with Crippen LogP contribution in [0.4, 0.5) is 5.69 Å². The monoisotopic (exact) mass is 371 g/mol. The van der Waals surface area contributed by atoms with Crippen molar-refractivity contribution in [3.8, 4) is 0 Å². The molecule has 1 aliphatic heterocycles. The summed E-state index contributed by atoms with van der Waals surface area (Å²) < 4.78 is 28.1. The van der Waals surface area contributed by atoms with Gasteiger partial charge < -0.3 is 4.90 Å². The number of carbonyl (C=O) groups is 1. The number of aromatic nitrogens is 1. The molecule has 2 heterocycles. The molecular weight excluding hydrogens is 350 g/mol. The van der Waals surface area contributed by atoms with Crippen LogP contribution < -0.4 is 4.90 Å². The third kappa shape index (κ3) is 3.12. The van der Waals surface area contributed by atoms with Gasteiger partial charge in [0, 0.05) is 31.4 Å². The second-order valence-electron chi connectivity index (χ2n) is 6.81. The molecule has 0 atom stereocenters. The number of rotatable bonds is 5. The Morgan fingerprint density at radius 1 is 1.27 bits per heavy atom. The Balaban J connectivity index is 1.66. The molecule has 1 amide bonds. The van der Waals surface area contributed by atoms with Crippen LogP contribution in [0.5, 0.6) is 0 Å². The smallest absolute Gasteiger partial charge is 0.243 e. The Bertz CT molecular complexity index is 940. The number of benzene rings is 1. The first-order valence-corrected chi connectivity index (χ1v) is 10.2. The summed E-state index contributed by atoms with van der Waals surface area (Å²) in [4.78, 5) is 18.0. The van der Waals surface area contributed by atoms with Gasteiger partial charge in [-0.25, -0.2) is 8.42 Å². The molecule has 1 aliphatic carbocycles. The normalized spacial score (nSPS) is 16.8. The van der Waals surface area contributed by atoms with Crippen LogP contribution in [0.1, 0.15) is 31.0 Å². The summed E-state index contributed by atoms with van der Waals surface area (Å²) in [7, 11) is -3.61. The highest BCUT2D eigenvalue weighted by atomic mass is 32.2. The lowest BCUT2D eigenvalue weighted by atomic mass is 10.2. The first kappa shape index (κ1) is 17.2. The van der Waals surface area contributed by atoms with E-state index in [1.165, 1.54) is 6.92 Å². The third-order valence-electron chi connectivity index (χ3n) is 4.93. The van der Waals surface area contributed by atoms with E-state index >= 15 is 0 Å². The van der Waals surface area contributed by atoms with Crippen LogP contribution in [0.3, 0.4) is 0 Å². The van der Waals surface area contributed by atoms with Gasteiger partial charge in [0.25, 0.3) is 0 Å². The number of pyridine rings is 1. The Kier molecular flexibility index (Phi) is 4.28. The van der Waals surface area contributed by atoms with E-state index in [-0.39, 0.29) is 18.5 Å². The summed E-state index contributed by atoms with van der Waals surface area (Å²) in [5, 5.41) is 0. The Morgan fingerprint density at radius 3 is 2.73 bits per heavy atom. The number of fused-ring (bicyclic) bond motifs is 1. The number of nitrogens with zero attached hydrogens (tertiary/aromatic N) is 3. The minimum atomic E-state index is -3.61. The first-order chi connectivity index (χ1) is 12.5. The minimum Gasteiger partial charge on any atom is -0.312 e. The number of hydrogen-bond acceptors (Lipinski definition) is 4. The van der Waals surface area contributed by atoms with Gasteiger partial charge in [-0.05, 0) is 55.2 Å². The van der Waals surface area contributed by atoms with Crippen molar-refractivity contribution >= 4 is 21.6 Å². The molecule has 0 unspecified atom stereocenters. The second kappa shape index (κ2) is 6.48. The molecule has 0 N–H and O–H groups in total. The fourth-order valence-corrected chi connectivity index (χ4v) is 5.13. The lowest BCUT2D eigenvalue weighted by molar-refractivity contribution is -0.116. The van der Waals surface area contributed by atoms with E-state index in [0.29, 0.717) is 17.9 Å². The van der Waals surface area contributed by atoms with Gasteiger partial charge in [0.05, 0.1) is 17.1 Å². The van der Waals surface area contributed by atoms with Crippen molar-refractivity contribution in [2.45, 2.75) is 43.7 Å². The SMILES string of the molecule is CC(=O)N1CCc2cc(S(=O)(=O)N(Cc3ccccn3)C3CC3)ccc21. The molecule has 136 valence electrons. The maximum absolute atomic E-state index is 13.3. The molecule has 1 aromatic heterocycles. The number of sulfonamides is 1. The molecule has 0 radical (unpaired) electrons. The third-order valence-corrected chi connectivity index (χ3v) is 6.83. The number of carbonyl (C=O) groups excluding carboxylic acids is 1. The van der Waals surface area contributed by atoms with Crippen molar-refractivity contribution in [2.75, 3.05) is 11.4 Å². The maximum atomic E-state index is 13.3. The zero-order chi connectivity index (χ0) is 18.3. The largest absolute Gasteiger partial charge is 0.312 e. The van der Waals surface area contributed by atoms with Crippen LogP contribution in [-0.2, 0) is 27.8 Å². The number of hydrogen-bond donors (Lipinski definition) is 0. The van der Waals surface area contributed by atoms with Crippen LogP contribution >= 0.6 is 0 Å². The fraction of sp³-hybridized carbons (Fsp3) is 0.368. The molecule has 26 heavy (non-hydrogen) atoms. The average Bonchev–Trinajstić information content (AvgIpc) is 3.37. The summed E-state index contributed by atoms with van der Waals surface area (Å²) in [6, 6.07) is 10.7. The highest BCUT2D eigenvalue weighted by molar-refractivity contribution is 7.89. The van der Waals surface area contributed by atoms with Gasteiger partial charge >= 0.3 is 0 Å². The van der Waals surface area contributed by atoms with Crippen molar-refractivity contribution in [3.63, 3.8) is 0 Å². The predicted molar refractivity (Wildman–Crippen MR) is 98.2 cm³/mol.